The first-order valence-corrected chi connectivity index (χ1v) is 9.69. The molecule has 0 aromatic heterocycles. The van der Waals surface area contributed by atoms with E-state index in [-0.39, 0.29) is 36.2 Å². The van der Waals surface area contributed by atoms with Gasteiger partial charge in [-0.15, -0.1) is 0 Å². The first-order valence-electron chi connectivity index (χ1n) is 9.69. The van der Waals surface area contributed by atoms with E-state index < -0.39 is 0 Å². The predicted octanol–water partition coefficient (Wildman–Crippen LogP) is 2.26. The van der Waals surface area contributed by atoms with E-state index in [1.165, 1.54) is 0 Å². The zero-order chi connectivity index (χ0) is 20.1. The van der Waals surface area contributed by atoms with Crippen LogP contribution < -0.4 is 14.8 Å². The van der Waals surface area contributed by atoms with Crippen LogP contribution in [0.5, 0.6) is 11.5 Å². The maximum atomic E-state index is 12.3. The van der Waals surface area contributed by atoms with Crippen LogP contribution in [0, 0.1) is 17.8 Å². The number of carbonyl (C=O) groups excluding carboxylic acids is 3. The van der Waals surface area contributed by atoms with E-state index in [4.69, 9.17) is 14.2 Å². The molecule has 1 N–H and O–H groups in total. The van der Waals surface area contributed by atoms with Gasteiger partial charge in [-0.3, -0.25) is 14.4 Å². The molecule has 3 rings (SSSR count). The zero-order valence-corrected chi connectivity index (χ0v) is 16.4. The second kappa shape index (κ2) is 9.08. The molecular weight excluding hydrogens is 362 g/mol. The molecule has 7 nitrogen and oxygen atoms in total. The zero-order valence-electron chi connectivity index (χ0n) is 16.4. The molecule has 7 heteroatoms. The molecule has 2 saturated carbocycles. The largest absolute Gasteiger partial charge is 0.493 e. The van der Waals surface area contributed by atoms with Gasteiger partial charge in [0.25, 0.3) is 5.91 Å². The Labute approximate surface area is 164 Å². The lowest BCUT2D eigenvalue weighted by molar-refractivity contribution is -0.156. The molecule has 0 saturated heterocycles. The van der Waals surface area contributed by atoms with Crippen LogP contribution in [0.15, 0.2) is 18.2 Å². The van der Waals surface area contributed by atoms with E-state index >= 15 is 0 Å². The van der Waals surface area contributed by atoms with Crippen molar-refractivity contribution >= 4 is 17.7 Å². The fraction of sp³-hybridized carbons (Fsp3) is 0.571. The molecule has 2 aliphatic rings. The minimum Gasteiger partial charge on any atom is -0.493 e. The highest BCUT2D eigenvalue weighted by atomic mass is 16.5. The third-order valence-electron chi connectivity index (χ3n) is 5.66. The Morgan fingerprint density at radius 1 is 1.07 bits per heavy atom. The third kappa shape index (κ3) is 4.64. The predicted molar refractivity (Wildman–Crippen MR) is 101 cm³/mol. The SMILES string of the molecule is COc1ccc(CNC(=O)COC(=O)C2C[C@H]3CCC[C@@H](C2)C3=O)cc1OC. The lowest BCUT2D eigenvalue weighted by Gasteiger charge is -2.36. The van der Waals surface area contributed by atoms with Gasteiger partial charge in [0.15, 0.2) is 18.1 Å². The van der Waals surface area contributed by atoms with E-state index in [9.17, 15) is 14.4 Å². The van der Waals surface area contributed by atoms with Crippen LogP contribution in [0.25, 0.3) is 0 Å². The summed E-state index contributed by atoms with van der Waals surface area (Å²) in [5.74, 6) is 0.476. The molecule has 2 fully saturated rings. The standard InChI is InChI=1S/C21H27NO6/c1-26-17-7-6-13(8-18(17)27-2)11-22-19(23)12-28-21(25)16-9-14-4-3-5-15(10-16)20(14)24/h6-8,14-16H,3-5,9-12H2,1-2H3,(H,22,23)/t14-,15+,16?. The van der Waals surface area contributed by atoms with Gasteiger partial charge in [0.05, 0.1) is 20.1 Å². The van der Waals surface area contributed by atoms with E-state index in [0.29, 0.717) is 36.7 Å². The monoisotopic (exact) mass is 389 g/mol. The molecule has 2 aliphatic carbocycles. The number of nitrogens with one attached hydrogen (secondary N) is 1. The van der Waals surface area contributed by atoms with Gasteiger partial charge in [0.2, 0.25) is 0 Å². The molecule has 0 heterocycles. The van der Waals surface area contributed by atoms with Gasteiger partial charge in [-0.2, -0.15) is 0 Å². The Morgan fingerprint density at radius 3 is 2.39 bits per heavy atom. The molecule has 152 valence electrons. The molecule has 1 amide bonds. The lowest BCUT2D eigenvalue weighted by atomic mass is 9.67. The van der Waals surface area contributed by atoms with Gasteiger partial charge in [0.1, 0.15) is 5.78 Å². The maximum absolute atomic E-state index is 12.3. The summed E-state index contributed by atoms with van der Waals surface area (Å²) >= 11 is 0. The Morgan fingerprint density at radius 2 is 1.75 bits per heavy atom. The van der Waals surface area contributed by atoms with Crippen molar-refractivity contribution in [1.29, 1.82) is 0 Å². The molecule has 2 bridgehead atoms. The van der Waals surface area contributed by atoms with E-state index in [1.54, 1.807) is 26.4 Å². The number of amides is 1. The number of hydrogen-bond acceptors (Lipinski definition) is 6. The third-order valence-corrected chi connectivity index (χ3v) is 5.66. The number of benzene rings is 1. The minimum atomic E-state index is -0.370. The summed E-state index contributed by atoms with van der Waals surface area (Å²) in [5, 5.41) is 2.73. The lowest BCUT2D eigenvalue weighted by Crippen LogP contribution is -2.40. The number of ketones is 1. The van der Waals surface area contributed by atoms with Crippen LogP contribution in [0.1, 0.15) is 37.7 Å². The van der Waals surface area contributed by atoms with Gasteiger partial charge in [-0.1, -0.05) is 12.5 Å². The molecule has 1 unspecified atom stereocenters. The molecule has 3 atom stereocenters. The van der Waals surface area contributed by atoms with Crippen molar-refractivity contribution in [3.8, 4) is 11.5 Å². The van der Waals surface area contributed by atoms with Crippen LogP contribution in [0.2, 0.25) is 0 Å². The van der Waals surface area contributed by atoms with Crippen molar-refractivity contribution in [3.05, 3.63) is 23.8 Å². The van der Waals surface area contributed by atoms with Crippen molar-refractivity contribution in [2.45, 2.75) is 38.6 Å². The van der Waals surface area contributed by atoms with Crippen LogP contribution in [-0.4, -0.2) is 38.5 Å². The van der Waals surface area contributed by atoms with E-state index in [0.717, 1.165) is 24.8 Å². The van der Waals surface area contributed by atoms with Crippen molar-refractivity contribution in [3.63, 3.8) is 0 Å². The van der Waals surface area contributed by atoms with Crippen molar-refractivity contribution < 1.29 is 28.6 Å². The maximum Gasteiger partial charge on any atom is 0.309 e. The second-order valence-corrected chi connectivity index (χ2v) is 7.47. The summed E-state index contributed by atoms with van der Waals surface area (Å²) in [6, 6.07) is 5.37. The Bertz CT molecular complexity index is 730. The van der Waals surface area contributed by atoms with Crippen LogP contribution in [0.4, 0.5) is 0 Å². The van der Waals surface area contributed by atoms with Gasteiger partial charge >= 0.3 is 5.97 Å². The van der Waals surface area contributed by atoms with Gasteiger partial charge in [-0.05, 0) is 43.4 Å². The summed E-state index contributed by atoms with van der Waals surface area (Å²) in [6.07, 6.45) is 3.90. The number of esters is 1. The molecular formula is C21H27NO6. The fourth-order valence-electron chi connectivity index (χ4n) is 4.17. The number of fused-ring (bicyclic) bond motifs is 2. The number of rotatable bonds is 7. The normalized spacial score (nSPS) is 23.6. The highest BCUT2D eigenvalue weighted by molar-refractivity contribution is 5.88. The first-order chi connectivity index (χ1) is 13.5. The summed E-state index contributed by atoms with van der Waals surface area (Å²) in [4.78, 5) is 36.5. The quantitative estimate of drug-likeness (QED) is 0.720. The average molecular weight is 389 g/mol. The molecule has 1 aromatic rings. The summed E-state index contributed by atoms with van der Waals surface area (Å²) in [5.41, 5.74) is 0.843. The van der Waals surface area contributed by atoms with E-state index in [2.05, 4.69) is 5.32 Å². The number of Topliss-reactive ketones (excluding diaryl/α,β-unsaturated/α-hetero) is 1. The molecule has 1 aromatic carbocycles. The second-order valence-electron chi connectivity index (χ2n) is 7.47. The van der Waals surface area contributed by atoms with Crippen LogP contribution in [0.3, 0.4) is 0 Å². The highest BCUT2D eigenvalue weighted by Crippen LogP contribution is 2.40. The Hall–Kier alpha value is -2.57. The van der Waals surface area contributed by atoms with E-state index in [1.807, 2.05) is 6.07 Å². The number of carbonyl (C=O) groups is 3. The topological polar surface area (TPSA) is 90.9 Å². The van der Waals surface area contributed by atoms with Gasteiger partial charge in [0, 0.05) is 18.4 Å². The summed E-state index contributed by atoms with van der Waals surface area (Å²) < 4.78 is 15.6. The smallest absolute Gasteiger partial charge is 0.309 e. The summed E-state index contributed by atoms with van der Waals surface area (Å²) in [7, 11) is 3.11. The van der Waals surface area contributed by atoms with Crippen molar-refractivity contribution in [1.82, 2.24) is 5.32 Å². The Kier molecular flexibility index (Phi) is 6.54. The van der Waals surface area contributed by atoms with Crippen molar-refractivity contribution in [2.75, 3.05) is 20.8 Å². The fourth-order valence-corrected chi connectivity index (χ4v) is 4.17. The average Bonchev–Trinajstić information content (AvgIpc) is 2.69. The van der Waals surface area contributed by atoms with Gasteiger partial charge in [-0.25, -0.2) is 0 Å². The van der Waals surface area contributed by atoms with Crippen LogP contribution in [-0.2, 0) is 25.7 Å². The molecule has 0 radical (unpaired) electrons. The molecule has 0 aliphatic heterocycles. The molecule has 0 spiro atoms. The highest BCUT2D eigenvalue weighted by Gasteiger charge is 2.41. The first kappa shape index (κ1) is 20.2. The number of methoxy groups -OCH3 is 2. The Balaban J connectivity index is 1.44. The van der Waals surface area contributed by atoms with Crippen LogP contribution >= 0.6 is 0 Å². The minimum absolute atomic E-state index is 0.0103. The summed E-state index contributed by atoms with van der Waals surface area (Å²) in [6.45, 7) is -0.0231. The number of ether oxygens (including phenoxy) is 3. The number of hydrogen-bond donors (Lipinski definition) is 1. The van der Waals surface area contributed by atoms with Crippen molar-refractivity contribution in [2.24, 2.45) is 17.8 Å². The van der Waals surface area contributed by atoms with Gasteiger partial charge < -0.3 is 19.5 Å². The molecule has 28 heavy (non-hydrogen) atoms.